The molecule has 2 nitrogen and oxygen atoms in total. The normalized spacial score (nSPS) is 24.2. The first kappa shape index (κ1) is 11.6. The molecule has 88 valence electrons. The monoisotopic (exact) mass is 218 g/mol. The van der Waals surface area contributed by atoms with E-state index in [-0.39, 0.29) is 0 Å². The van der Waals surface area contributed by atoms with E-state index in [0.29, 0.717) is 12.0 Å². The molecule has 1 N–H and O–H groups in total. The predicted octanol–water partition coefficient (Wildman–Crippen LogP) is 2.08. The minimum Gasteiger partial charge on any atom is -0.314 e. The Morgan fingerprint density at radius 2 is 2.12 bits per heavy atom. The Labute approximate surface area is 98.7 Å². The number of piperazine rings is 1. The summed E-state index contributed by atoms with van der Waals surface area (Å²) >= 11 is 0. The summed E-state index contributed by atoms with van der Waals surface area (Å²) in [6.07, 6.45) is 0. The third kappa shape index (κ3) is 2.83. The van der Waals surface area contributed by atoms with Gasteiger partial charge in [0.25, 0.3) is 0 Å². The minimum absolute atomic E-state index is 0.627. The van der Waals surface area contributed by atoms with Gasteiger partial charge in [-0.25, -0.2) is 0 Å². The van der Waals surface area contributed by atoms with E-state index in [1.807, 2.05) is 0 Å². The zero-order valence-electron chi connectivity index (χ0n) is 10.3. The van der Waals surface area contributed by atoms with Crippen molar-refractivity contribution in [1.82, 2.24) is 10.2 Å². The molecule has 1 aromatic carbocycles. The second kappa shape index (κ2) is 5.46. The molecule has 1 aromatic rings. The molecule has 2 rings (SSSR count). The summed E-state index contributed by atoms with van der Waals surface area (Å²) in [5.41, 5.74) is 1.45. The molecule has 1 saturated heterocycles. The summed E-state index contributed by atoms with van der Waals surface area (Å²) in [5, 5.41) is 3.44. The third-order valence-corrected chi connectivity index (χ3v) is 3.52. The SMILES string of the molecule is C[C@@H]1CNCCN1C[C@H](C)c1ccccc1. The zero-order valence-corrected chi connectivity index (χ0v) is 10.3. The minimum atomic E-state index is 0.627. The topological polar surface area (TPSA) is 15.3 Å². The summed E-state index contributed by atoms with van der Waals surface area (Å²) in [6.45, 7) is 9.24. The molecule has 1 fully saturated rings. The fraction of sp³-hybridized carbons (Fsp3) is 0.571. The second-order valence-corrected chi connectivity index (χ2v) is 4.86. The van der Waals surface area contributed by atoms with Gasteiger partial charge < -0.3 is 5.32 Å². The molecular weight excluding hydrogens is 196 g/mol. The van der Waals surface area contributed by atoms with E-state index in [9.17, 15) is 0 Å². The average molecular weight is 218 g/mol. The fourth-order valence-electron chi connectivity index (χ4n) is 2.39. The van der Waals surface area contributed by atoms with Gasteiger partial charge in [-0.05, 0) is 18.4 Å². The quantitative estimate of drug-likeness (QED) is 0.835. The van der Waals surface area contributed by atoms with Crippen LogP contribution in [0.15, 0.2) is 30.3 Å². The molecule has 0 amide bonds. The van der Waals surface area contributed by atoms with Crippen molar-refractivity contribution in [2.75, 3.05) is 26.2 Å². The van der Waals surface area contributed by atoms with Crippen molar-refractivity contribution in [3.05, 3.63) is 35.9 Å². The van der Waals surface area contributed by atoms with Gasteiger partial charge in [0.1, 0.15) is 0 Å². The lowest BCUT2D eigenvalue weighted by atomic mass is 10.00. The highest BCUT2D eigenvalue weighted by molar-refractivity contribution is 5.19. The number of benzene rings is 1. The number of rotatable bonds is 3. The average Bonchev–Trinajstić information content (AvgIpc) is 2.33. The number of nitrogens with one attached hydrogen (secondary N) is 1. The molecule has 0 spiro atoms. The van der Waals surface area contributed by atoms with Crippen LogP contribution >= 0.6 is 0 Å². The van der Waals surface area contributed by atoms with Crippen molar-refractivity contribution < 1.29 is 0 Å². The Kier molecular flexibility index (Phi) is 3.97. The molecule has 0 radical (unpaired) electrons. The van der Waals surface area contributed by atoms with E-state index in [4.69, 9.17) is 0 Å². The maximum Gasteiger partial charge on any atom is 0.0193 e. The number of hydrogen-bond donors (Lipinski definition) is 1. The van der Waals surface area contributed by atoms with Crippen LogP contribution in [0.4, 0.5) is 0 Å². The molecule has 0 aromatic heterocycles. The van der Waals surface area contributed by atoms with Crippen molar-refractivity contribution in [2.45, 2.75) is 25.8 Å². The predicted molar refractivity (Wildman–Crippen MR) is 68.8 cm³/mol. The highest BCUT2D eigenvalue weighted by Gasteiger charge is 2.19. The summed E-state index contributed by atoms with van der Waals surface area (Å²) in [5.74, 6) is 0.627. The molecule has 2 atom stereocenters. The molecule has 0 unspecified atom stereocenters. The van der Waals surface area contributed by atoms with Crippen LogP contribution in [0.25, 0.3) is 0 Å². The number of nitrogens with zero attached hydrogens (tertiary/aromatic N) is 1. The van der Waals surface area contributed by atoms with Crippen LogP contribution in [0.1, 0.15) is 25.3 Å². The first-order valence-electron chi connectivity index (χ1n) is 6.27. The van der Waals surface area contributed by atoms with Crippen LogP contribution in [-0.2, 0) is 0 Å². The van der Waals surface area contributed by atoms with Gasteiger partial charge in [0, 0.05) is 32.2 Å². The van der Waals surface area contributed by atoms with Gasteiger partial charge >= 0.3 is 0 Å². The van der Waals surface area contributed by atoms with E-state index < -0.39 is 0 Å². The van der Waals surface area contributed by atoms with Crippen LogP contribution in [-0.4, -0.2) is 37.1 Å². The van der Waals surface area contributed by atoms with Crippen molar-refractivity contribution in [2.24, 2.45) is 0 Å². The molecule has 0 saturated carbocycles. The van der Waals surface area contributed by atoms with E-state index in [1.54, 1.807) is 0 Å². The lowest BCUT2D eigenvalue weighted by Crippen LogP contribution is -2.50. The summed E-state index contributed by atoms with van der Waals surface area (Å²) in [4.78, 5) is 2.59. The standard InChI is InChI=1S/C14H22N2/c1-12(14-6-4-3-5-7-14)11-16-9-8-15-10-13(16)2/h3-7,12-13,15H,8-11H2,1-2H3/t12-,13+/m0/s1. The smallest absolute Gasteiger partial charge is 0.0193 e. The van der Waals surface area contributed by atoms with E-state index in [1.165, 1.54) is 18.7 Å². The van der Waals surface area contributed by atoms with Gasteiger partial charge in [0.2, 0.25) is 0 Å². The summed E-state index contributed by atoms with van der Waals surface area (Å²) in [7, 11) is 0. The highest BCUT2D eigenvalue weighted by atomic mass is 15.2. The van der Waals surface area contributed by atoms with Crippen molar-refractivity contribution >= 4 is 0 Å². The lowest BCUT2D eigenvalue weighted by Gasteiger charge is -2.35. The second-order valence-electron chi connectivity index (χ2n) is 4.86. The molecular formula is C14H22N2. The fourth-order valence-corrected chi connectivity index (χ4v) is 2.39. The first-order valence-corrected chi connectivity index (χ1v) is 6.27. The largest absolute Gasteiger partial charge is 0.314 e. The van der Waals surface area contributed by atoms with Gasteiger partial charge in [0.15, 0.2) is 0 Å². The number of hydrogen-bond acceptors (Lipinski definition) is 2. The maximum absolute atomic E-state index is 3.44. The maximum atomic E-state index is 3.44. The van der Waals surface area contributed by atoms with E-state index in [2.05, 4.69) is 54.4 Å². The van der Waals surface area contributed by atoms with Crippen molar-refractivity contribution in [3.8, 4) is 0 Å². The zero-order chi connectivity index (χ0) is 11.4. The van der Waals surface area contributed by atoms with Gasteiger partial charge in [0.05, 0.1) is 0 Å². The Morgan fingerprint density at radius 3 is 2.81 bits per heavy atom. The van der Waals surface area contributed by atoms with Crippen LogP contribution in [0, 0.1) is 0 Å². The van der Waals surface area contributed by atoms with Gasteiger partial charge in [-0.1, -0.05) is 37.3 Å². The summed E-state index contributed by atoms with van der Waals surface area (Å²) in [6, 6.07) is 11.5. The van der Waals surface area contributed by atoms with E-state index in [0.717, 1.165) is 13.1 Å². The van der Waals surface area contributed by atoms with Crippen molar-refractivity contribution in [3.63, 3.8) is 0 Å². The first-order chi connectivity index (χ1) is 7.77. The van der Waals surface area contributed by atoms with Gasteiger partial charge in [-0.15, -0.1) is 0 Å². The van der Waals surface area contributed by atoms with E-state index >= 15 is 0 Å². The molecule has 0 bridgehead atoms. The van der Waals surface area contributed by atoms with Gasteiger partial charge in [-0.3, -0.25) is 4.90 Å². The van der Waals surface area contributed by atoms with Crippen molar-refractivity contribution in [1.29, 1.82) is 0 Å². The molecule has 1 aliphatic rings. The van der Waals surface area contributed by atoms with Crippen LogP contribution < -0.4 is 5.32 Å². The molecule has 16 heavy (non-hydrogen) atoms. The lowest BCUT2D eigenvalue weighted by molar-refractivity contribution is 0.166. The molecule has 0 aliphatic carbocycles. The Balaban J connectivity index is 1.94. The Morgan fingerprint density at radius 1 is 1.38 bits per heavy atom. The van der Waals surface area contributed by atoms with Crippen LogP contribution in [0.2, 0.25) is 0 Å². The molecule has 1 heterocycles. The van der Waals surface area contributed by atoms with Crippen LogP contribution in [0.3, 0.4) is 0 Å². The van der Waals surface area contributed by atoms with Gasteiger partial charge in [-0.2, -0.15) is 0 Å². The Hall–Kier alpha value is -0.860. The molecule has 1 aliphatic heterocycles. The third-order valence-electron chi connectivity index (χ3n) is 3.52. The molecule has 2 heteroatoms. The summed E-state index contributed by atoms with van der Waals surface area (Å²) < 4.78 is 0. The highest BCUT2D eigenvalue weighted by Crippen LogP contribution is 2.17. The van der Waals surface area contributed by atoms with Crippen LogP contribution in [0.5, 0.6) is 0 Å². The Bertz CT molecular complexity index is 310.